The number of nitrogens with zero attached hydrogens (tertiary/aromatic N) is 1. The molecule has 4 rings (SSSR count). The number of ether oxygens (including phenoxy) is 3. The Hall–Kier alpha value is -3.81. The summed E-state index contributed by atoms with van der Waals surface area (Å²) in [5.74, 6) is 1.33. The maximum Gasteiger partial charge on any atom is 0.277 e. The van der Waals surface area contributed by atoms with Crippen molar-refractivity contribution in [1.82, 2.24) is 5.43 Å². The van der Waals surface area contributed by atoms with Crippen molar-refractivity contribution in [2.75, 3.05) is 13.7 Å². The number of methoxy groups -OCH3 is 1. The molecular weight excluding hydrogens is 556 g/mol. The zero-order valence-electron chi connectivity index (χ0n) is 20.0. The van der Waals surface area contributed by atoms with Gasteiger partial charge >= 0.3 is 0 Å². The number of hydrogen-bond acceptors (Lipinski definition) is 5. The van der Waals surface area contributed by atoms with E-state index in [-0.39, 0.29) is 12.5 Å². The Morgan fingerprint density at radius 3 is 2.38 bits per heavy atom. The average Bonchev–Trinajstić information content (AvgIpc) is 2.93. The highest BCUT2D eigenvalue weighted by Crippen LogP contribution is 2.31. The third-order valence-corrected chi connectivity index (χ3v) is 6.17. The zero-order chi connectivity index (χ0) is 26.0. The molecule has 0 fully saturated rings. The summed E-state index contributed by atoms with van der Waals surface area (Å²) in [6.45, 7) is 0.198. The van der Waals surface area contributed by atoms with Crippen molar-refractivity contribution in [3.05, 3.63) is 112 Å². The molecule has 6 nitrogen and oxygen atoms in total. The van der Waals surface area contributed by atoms with Gasteiger partial charge in [-0.15, -0.1) is 0 Å². The van der Waals surface area contributed by atoms with Crippen LogP contribution in [-0.2, 0) is 11.4 Å². The van der Waals surface area contributed by atoms with E-state index in [2.05, 4.69) is 26.5 Å². The number of benzene rings is 4. The van der Waals surface area contributed by atoms with Gasteiger partial charge in [0.2, 0.25) is 0 Å². The lowest BCUT2D eigenvalue weighted by molar-refractivity contribution is -0.123. The first-order valence-electron chi connectivity index (χ1n) is 11.4. The van der Waals surface area contributed by atoms with Crippen molar-refractivity contribution in [1.29, 1.82) is 0 Å². The summed E-state index contributed by atoms with van der Waals surface area (Å²) in [7, 11) is 1.56. The number of amides is 1. The molecule has 0 radical (unpaired) electrons. The van der Waals surface area contributed by atoms with E-state index in [0.717, 1.165) is 26.7 Å². The van der Waals surface area contributed by atoms with Crippen molar-refractivity contribution in [2.24, 2.45) is 5.10 Å². The van der Waals surface area contributed by atoms with Crippen LogP contribution in [0.1, 0.15) is 11.1 Å². The molecule has 0 atom stereocenters. The molecular formula is C29H24BrClN2O4. The normalized spacial score (nSPS) is 10.8. The lowest BCUT2D eigenvalue weighted by atomic mass is 10.1. The first kappa shape index (κ1) is 26.3. The van der Waals surface area contributed by atoms with Gasteiger partial charge in [0.1, 0.15) is 12.4 Å². The highest BCUT2D eigenvalue weighted by atomic mass is 79.9. The molecule has 0 aromatic heterocycles. The predicted molar refractivity (Wildman–Crippen MR) is 150 cm³/mol. The van der Waals surface area contributed by atoms with E-state index in [0.29, 0.717) is 28.9 Å². The fraction of sp³-hybridized carbons (Fsp3) is 0.103. The Morgan fingerprint density at radius 1 is 0.892 bits per heavy atom. The molecule has 37 heavy (non-hydrogen) atoms. The third kappa shape index (κ3) is 7.59. The average molecular weight is 580 g/mol. The second-order valence-electron chi connectivity index (χ2n) is 7.92. The van der Waals surface area contributed by atoms with Crippen LogP contribution in [0.2, 0.25) is 5.02 Å². The molecule has 0 aliphatic carbocycles. The van der Waals surface area contributed by atoms with E-state index in [4.69, 9.17) is 25.8 Å². The Kier molecular flexibility index (Phi) is 9.18. The predicted octanol–water partition coefficient (Wildman–Crippen LogP) is 6.89. The van der Waals surface area contributed by atoms with E-state index in [1.54, 1.807) is 19.2 Å². The van der Waals surface area contributed by atoms with E-state index in [1.807, 2.05) is 78.9 Å². The topological polar surface area (TPSA) is 69.2 Å². The Morgan fingerprint density at radius 2 is 1.65 bits per heavy atom. The summed E-state index contributed by atoms with van der Waals surface area (Å²) < 4.78 is 17.7. The van der Waals surface area contributed by atoms with Crippen LogP contribution < -0.4 is 19.6 Å². The van der Waals surface area contributed by atoms with Gasteiger partial charge in [0.05, 0.1) is 17.8 Å². The minimum absolute atomic E-state index is 0.179. The second-order valence-corrected chi connectivity index (χ2v) is 9.21. The molecule has 4 aromatic rings. The van der Waals surface area contributed by atoms with E-state index in [9.17, 15) is 4.79 Å². The van der Waals surface area contributed by atoms with Gasteiger partial charge in [-0.1, -0.05) is 60.1 Å². The van der Waals surface area contributed by atoms with E-state index in [1.165, 1.54) is 6.21 Å². The van der Waals surface area contributed by atoms with Gasteiger partial charge in [0.25, 0.3) is 5.91 Å². The van der Waals surface area contributed by atoms with Gasteiger partial charge in [-0.2, -0.15) is 5.10 Å². The van der Waals surface area contributed by atoms with Gasteiger partial charge in [0.15, 0.2) is 18.1 Å². The number of carbonyl (C=O) groups excluding carboxylic acids is 1. The summed E-state index contributed by atoms with van der Waals surface area (Å²) >= 11 is 9.43. The summed E-state index contributed by atoms with van der Waals surface area (Å²) in [4.78, 5) is 12.2. The van der Waals surface area contributed by atoms with Crippen LogP contribution in [0.25, 0.3) is 11.1 Å². The number of rotatable bonds is 10. The summed E-state index contributed by atoms with van der Waals surface area (Å²) in [6.07, 6.45) is 1.52. The number of hydrogen-bond donors (Lipinski definition) is 1. The molecule has 1 amide bonds. The number of hydrazone groups is 1. The van der Waals surface area contributed by atoms with Crippen LogP contribution in [0.5, 0.6) is 17.2 Å². The summed E-state index contributed by atoms with van der Waals surface area (Å²) in [6, 6.07) is 28.6. The third-order valence-electron chi connectivity index (χ3n) is 5.30. The molecule has 0 aliphatic rings. The number of halogens is 2. The van der Waals surface area contributed by atoms with Crippen molar-refractivity contribution in [3.63, 3.8) is 0 Å². The molecule has 0 unspecified atom stereocenters. The molecule has 0 aliphatic heterocycles. The van der Waals surface area contributed by atoms with E-state index >= 15 is 0 Å². The lowest BCUT2D eigenvalue weighted by Gasteiger charge is -2.11. The molecule has 1 N–H and O–H groups in total. The molecule has 0 saturated heterocycles. The van der Waals surface area contributed by atoms with Crippen molar-refractivity contribution < 1.29 is 19.0 Å². The maximum atomic E-state index is 12.2. The van der Waals surface area contributed by atoms with Crippen LogP contribution in [0.4, 0.5) is 0 Å². The summed E-state index contributed by atoms with van der Waals surface area (Å²) in [5, 5.41) is 4.69. The van der Waals surface area contributed by atoms with Gasteiger partial charge in [-0.3, -0.25) is 4.79 Å². The van der Waals surface area contributed by atoms with Gasteiger partial charge < -0.3 is 14.2 Å². The zero-order valence-corrected chi connectivity index (χ0v) is 22.3. The SMILES string of the molecule is COc1cc(/C=N/NC(=O)COc2ccc(-c3ccccc3)cc2Br)ccc1OCc1ccc(Cl)cc1. The first-order valence-corrected chi connectivity index (χ1v) is 12.5. The Balaban J connectivity index is 1.28. The van der Waals surface area contributed by atoms with Gasteiger partial charge in [-0.05, 0) is 80.6 Å². The van der Waals surface area contributed by atoms with Crippen molar-refractivity contribution >= 4 is 39.7 Å². The van der Waals surface area contributed by atoms with Crippen LogP contribution in [0.15, 0.2) is 101 Å². The smallest absolute Gasteiger partial charge is 0.277 e. The van der Waals surface area contributed by atoms with Crippen LogP contribution >= 0.6 is 27.5 Å². The standard InChI is InChI=1S/C29H24BrClN2O4/c1-35-28-15-21(9-13-27(28)36-18-20-7-11-24(31)12-8-20)17-32-33-29(34)19-37-26-14-10-23(16-25(26)30)22-5-3-2-4-6-22/h2-17H,18-19H2,1H3,(H,33,34)/b32-17+. The largest absolute Gasteiger partial charge is 0.493 e. The minimum Gasteiger partial charge on any atom is -0.493 e. The lowest BCUT2D eigenvalue weighted by Crippen LogP contribution is -2.24. The summed E-state index contributed by atoms with van der Waals surface area (Å²) in [5.41, 5.74) is 6.33. The maximum absolute atomic E-state index is 12.2. The molecule has 0 heterocycles. The Bertz CT molecular complexity index is 1380. The van der Waals surface area contributed by atoms with Gasteiger partial charge in [-0.25, -0.2) is 5.43 Å². The van der Waals surface area contributed by atoms with Gasteiger partial charge in [0, 0.05) is 5.02 Å². The van der Waals surface area contributed by atoms with E-state index < -0.39 is 0 Å². The van der Waals surface area contributed by atoms with Crippen molar-refractivity contribution in [3.8, 4) is 28.4 Å². The molecule has 4 aromatic carbocycles. The minimum atomic E-state index is -0.384. The second kappa shape index (κ2) is 12.9. The Labute approximate surface area is 229 Å². The first-order chi connectivity index (χ1) is 18.0. The monoisotopic (exact) mass is 578 g/mol. The number of nitrogens with one attached hydrogen (secondary N) is 1. The molecule has 0 saturated carbocycles. The highest BCUT2D eigenvalue weighted by Gasteiger charge is 2.08. The van der Waals surface area contributed by atoms with Crippen LogP contribution in [-0.4, -0.2) is 25.8 Å². The van der Waals surface area contributed by atoms with Crippen LogP contribution in [0, 0.1) is 0 Å². The molecule has 0 spiro atoms. The number of carbonyl (C=O) groups is 1. The molecule has 0 bridgehead atoms. The van der Waals surface area contributed by atoms with Crippen molar-refractivity contribution in [2.45, 2.75) is 6.61 Å². The molecule has 188 valence electrons. The van der Waals surface area contributed by atoms with Crippen LogP contribution in [0.3, 0.4) is 0 Å². The fourth-order valence-electron chi connectivity index (χ4n) is 3.41. The fourth-order valence-corrected chi connectivity index (χ4v) is 4.03. The quantitative estimate of drug-likeness (QED) is 0.164. The molecule has 8 heteroatoms. The highest BCUT2D eigenvalue weighted by molar-refractivity contribution is 9.10.